The van der Waals surface area contributed by atoms with E-state index >= 15 is 0 Å². The summed E-state index contributed by atoms with van der Waals surface area (Å²) in [4.78, 5) is 4.32. The van der Waals surface area contributed by atoms with Gasteiger partial charge in [0.15, 0.2) is 0 Å². The Morgan fingerprint density at radius 1 is 1.40 bits per heavy atom. The van der Waals surface area contributed by atoms with Crippen molar-refractivity contribution in [3.05, 3.63) is 39.1 Å². The molecule has 0 spiro atoms. The molecule has 0 saturated heterocycles. The van der Waals surface area contributed by atoms with Gasteiger partial charge in [0, 0.05) is 8.96 Å². The average molecular weight is 311 g/mol. The quantitative estimate of drug-likeness (QED) is 0.483. The molecule has 1 heterocycles. The molecule has 2 rings (SSSR count). The number of rotatable bonds is 1. The molecule has 0 fully saturated rings. The van der Waals surface area contributed by atoms with Gasteiger partial charge in [0.05, 0.1) is 5.52 Å². The summed E-state index contributed by atoms with van der Waals surface area (Å²) in [6.07, 6.45) is 0. The molecule has 1 aromatic carbocycles. The highest BCUT2D eigenvalue weighted by molar-refractivity contribution is 14.1. The predicted molar refractivity (Wildman–Crippen MR) is 70.2 cm³/mol. The molecular weight excluding hydrogens is 301 g/mol. The Hall–Kier alpha value is -1.17. The minimum absolute atomic E-state index is 0.0125. The van der Waals surface area contributed by atoms with Crippen LogP contribution in [0.3, 0.4) is 0 Å². The topological polar surface area (TPSA) is 62.8 Å². The summed E-state index contributed by atoms with van der Waals surface area (Å²) < 4.78 is 1.18. The van der Waals surface area contributed by atoms with Gasteiger partial charge < -0.3 is 5.73 Å². The number of pyridine rings is 1. The van der Waals surface area contributed by atoms with E-state index in [9.17, 15) is 0 Å². The minimum atomic E-state index is 0.0125. The van der Waals surface area contributed by atoms with E-state index in [0.717, 1.165) is 16.5 Å². The number of nitrogen functional groups attached to an aromatic ring is 1. The number of aryl methyl sites for hydroxylation is 1. The molecule has 0 unspecified atom stereocenters. The molecular formula is C11H10IN3. The summed E-state index contributed by atoms with van der Waals surface area (Å²) in [6, 6.07) is 7.89. The smallest absolute Gasteiger partial charge is 0.141 e. The summed E-state index contributed by atoms with van der Waals surface area (Å²) in [5.74, 6) is 0.0125. The molecule has 0 atom stereocenters. The van der Waals surface area contributed by atoms with E-state index in [2.05, 4.69) is 33.6 Å². The molecule has 0 aliphatic carbocycles. The number of fused-ring (bicyclic) bond motifs is 1. The van der Waals surface area contributed by atoms with Crippen molar-refractivity contribution >= 4 is 39.3 Å². The number of hydrogen-bond donors (Lipinski definition) is 2. The number of hydrogen-bond acceptors (Lipinski definition) is 2. The Morgan fingerprint density at radius 2 is 2.13 bits per heavy atom. The number of amidine groups is 1. The van der Waals surface area contributed by atoms with Crippen LogP contribution in [0.2, 0.25) is 0 Å². The van der Waals surface area contributed by atoms with Gasteiger partial charge >= 0.3 is 0 Å². The van der Waals surface area contributed by atoms with Gasteiger partial charge in [-0.1, -0.05) is 0 Å². The predicted octanol–water partition coefficient (Wildman–Crippen LogP) is 2.43. The van der Waals surface area contributed by atoms with Gasteiger partial charge in [-0.2, -0.15) is 0 Å². The zero-order chi connectivity index (χ0) is 11.0. The first-order valence-corrected chi connectivity index (χ1v) is 5.57. The third kappa shape index (κ3) is 1.94. The summed E-state index contributed by atoms with van der Waals surface area (Å²) in [5.41, 5.74) is 7.96. The van der Waals surface area contributed by atoms with Crippen LogP contribution in [0.4, 0.5) is 0 Å². The number of nitrogens with one attached hydrogen (secondary N) is 1. The largest absolute Gasteiger partial charge is 0.382 e. The number of aromatic nitrogens is 1. The highest BCUT2D eigenvalue weighted by Gasteiger charge is 2.04. The van der Waals surface area contributed by atoms with E-state index in [1.165, 1.54) is 3.57 Å². The standard InChI is InChI=1S/C11H10IN3/c1-6-4-10(11(13)14)15-9-3-2-7(12)5-8(6)9/h2-5H,1H3,(H3,13,14). The molecule has 0 aliphatic heterocycles. The molecule has 3 nitrogen and oxygen atoms in total. The van der Waals surface area contributed by atoms with Gasteiger partial charge in [0.2, 0.25) is 0 Å². The summed E-state index contributed by atoms with van der Waals surface area (Å²) in [7, 11) is 0. The normalized spacial score (nSPS) is 10.5. The maximum absolute atomic E-state index is 7.36. The lowest BCUT2D eigenvalue weighted by Crippen LogP contribution is -2.13. The maximum atomic E-state index is 7.36. The van der Waals surface area contributed by atoms with Gasteiger partial charge in [0.25, 0.3) is 0 Å². The number of nitrogens with zero attached hydrogens (tertiary/aromatic N) is 1. The fourth-order valence-corrected chi connectivity index (χ4v) is 2.00. The molecule has 1 aromatic heterocycles. The summed E-state index contributed by atoms with van der Waals surface area (Å²) in [6.45, 7) is 2.01. The Labute approximate surface area is 101 Å². The van der Waals surface area contributed by atoms with Crippen LogP contribution in [0.15, 0.2) is 24.3 Å². The molecule has 15 heavy (non-hydrogen) atoms. The van der Waals surface area contributed by atoms with E-state index in [-0.39, 0.29) is 5.84 Å². The molecule has 3 N–H and O–H groups in total. The second-order valence-electron chi connectivity index (χ2n) is 3.40. The summed E-state index contributed by atoms with van der Waals surface area (Å²) in [5, 5.41) is 8.48. The Morgan fingerprint density at radius 3 is 2.80 bits per heavy atom. The third-order valence-corrected chi connectivity index (χ3v) is 2.92. The van der Waals surface area contributed by atoms with Crippen molar-refractivity contribution in [2.24, 2.45) is 5.73 Å². The van der Waals surface area contributed by atoms with E-state index in [0.29, 0.717) is 5.69 Å². The van der Waals surface area contributed by atoms with Crippen LogP contribution in [0, 0.1) is 15.9 Å². The lowest BCUT2D eigenvalue weighted by molar-refractivity contribution is 1.28. The lowest BCUT2D eigenvalue weighted by atomic mass is 10.1. The first-order valence-electron chi connectivity index (χ1n) is 4.49. The third-order valence-electron chi connectivity index (χ3n) is 2.25. The Kier molecular flexibility index (Phi) is 2.60. The van der Waals surface area contributed by atoms with E-state index in [1.54, 1.807) is 0 Å². The van der Waals surface area contributed by atoms with Crippen molar-refractivity contribution in [3.8, 4) is 0 Å². The van der Waals surface area contributed by atoms with Crippen LogP contribution in [-0.2, 0) is 0 Å². The highest BCUT2D eigenvalue weighted by Crippen LogP contribution is 2.20. The molecule has 4 heteroatoms. The Bertz CT molecular complexity index is 549. The van der Waals surface area contributed by atoms with Crippen molar-refractivity contribution in [1.82, 2.24) is 4.98 Å². The minimum Gasteiger partial charge on any atom is -0.382 e. The SMILES string of the molecule is Cc1cc(C(=N)N)nc2ccc(I)cc12. The number of halogens is 1. The molecule has 0 saturated carbocycles. The van der Waals surface area contributed by atoms with Gasteiger partial charge in [-0.3, -0.25) is 5.41 Å². The monoisotopic (exact) mass is 311 g/mol. The number of benzene rings is 1. The maximum Gasteiger partial charge on any atom is 0.141 e. The van der Waals surface area contributed by atoms with Gasteiger partial charge in [-0.15, -0.1) is 0 Å². The van der Waals surface area contributed by atoms with E-state index < -0.39 is 0 Å². The lowest BCUT2D eigenvalue weighted by Gasteiger charge is -2.05. The average Bonchev–Trinajstić information content (AvgIpc) is 2.18. The van der Waals surface area contributed by atoms with Crippen molar-refractivity contribution < 1.29 is 0 Å². The fraction of sp³-hybridized carbons (Fsp3) is 0.0909. The molecule has 0 aliphatic rings. The highest BCUT2D eigenvalue weighted by atomic mass is 127. The molecule has 0 radical (unpaired) electrons. The zero-order valence-electron chi connectivity index (χ0n) is 8.21. The molecule has 0 bridgehead atoms. The van der Waals surface area contributed by atoms with Crippen LogP contribution in [-0.4, -0.2) is 10.8 Å². The van der Waals surface area contributed by atoms with Gasteiger partial charge in [0.1, 0.15) is 11.5 Å². The van der Waals surface area contributed by atoms with Crippen molar-refractivity contribution in [3.63, 3.8) is 0 Å². The number of nitrogens with two attached hydrogens (primary N) is 1. The van der Waals surface area contributed by atoms with E-state index in [1.807, 2.05) is 25.1 Å². The second kappa shape index (κ2) is 3.77. The van der Waals surface area contributed by atoms with Crippen LogP contribution in [0.5, 0.6) is 0 Å². The zero-order valence-corrected chi connectivity index (χ0v) is 10.4. The van der Waals surface area contributed by atoms with Crippen molar-refractivity contribution in [1.29, 1.82) is 5.41 Å². The molecule has 2 aromatic rings. The van der Waals surface area contributed by atoms with Crippen molar-refractivity contribution in [2.45, 2.75) is 6.92 Å². The van der Waals surface area contributed by atoms with Crippen LogP contribution in [0.1, 0.15) is 11.3 Å². The second-order valence-corrected chi connectivity index (χ2v) is 4.65. The fourth-order valence-electron chi connectivity index (χ4n) is 1.50. The van der Waals surface area contributed by atoms with Crippen LogP contribution >= 0.6 is 22.6 Å². The summed E-state index contributed by atoms with van der Waals surface area (Å²) >= 11 is 2.27. The first kappa shape index (κ1) is 10.4. The van der Waals surface area contributed by atoms with Crippen LogP contribution < -0.4 is 5.73 Å². The van der Waals surface area contributed by atoms with Crippen molar-refractivity contribution in [2.75, 3.05) is 0 Å². The van der Waals surface area contributed by atoms with Crippen LogP contribution in [0.25, 0.3) is 10.9 Å². The molecule has 0 amide bonds. The van der Waals surface area contributed by atoms with Gasteiger partial charge in [-0.05, 0) is 59.3 Å². The molecule has 76 valence electrons. The van der Waals surface area contributed by atoms with Gasteiger partial charge in [-0.25, -0.2) is 4.98 Å². The first-order chi connectivity index (χ1) is 7.08. The van der Waals surface area contributed by atoms with E-state index in [4.69, 9.17) is 11.1 Å². The Balaban J connectivity index is 2.78.